The van der Waals surface area contributed by atoms with Crippen molar-refractivity contribution >= 4 is 52.6 Å². The van der Waals surface area contributed by atoms with E-state index in [1.807, 2.05) is 36.0 Å². The number of benzene rings is 2. The first-order chi connectivity index (χ1) is 13.9. The molecule has 0 unspecified atom stereocenters. The van der Waals surface area contributed by atoms with Crippen LogP contribution < -0.4 is 10.6 Å². The number of nitrogens with zero attached hydrogens (tertiary/aromatic N) is 2. The molecule has 0 atom stereocenters. The van der Waals surface area contributed by atoms with Crippen molar-refractivity contribution in [3.05, 3.63) is 71.5 Å². The Morgan fingerprint density at radius 2 is 1.90 bits per heavy atom. The predicted octanol–water partition coefficient (Wildman–Crippen LogP) is 4.84. The van der Waals surface area contributed by atoms with Crippen LogP contribution in [0.1, 0.15) is 12.5 Å². The number of nitrogens with one attached hydrogen (secondary N) is 2. The van der Waals surface area contributed by atoms with Gasteiger partial charge in [-0.05, 0) is 53.7 Å². The highest BCUT2D eigenvalue weighted by Gasteiger charge is 2.10. The number of aryl methyl sites for hydroxylation is 1. The van der Waals surface area contributed by atoms with E-state index in [0.717, 1.165) is 15.6 Å². The van der Waals surface area contributed by atoms with Gasteiger partial charge in [-0.1, -0.05) is 23.7 Å². The number of aromatic nitrogens is 2. The van der Waals surface area contributed by atoms with Crippen LogP contribution >= 0.6 is 23.4 Å². The first-order valence-corrected chi connectivity index (χ1v) is 9.91. The number of rotatable bonds is 6. The molecule has 2 amide bonds. The van der Waals surface area contributed by atoms with Gasteiger partial charge >= 0.3 is 0 Å². The number of amides is 2. The van der Waals surface area contributed by atoms with Crippen molar-refractivity contribution in [3.8, 4) is 0 Å². The summed E-state index contributed by atoms with van der Waals surface area (Å²) in [5.41, 5.74) is 2.15. The van der Waals surface area contributed by atoms with Crippen LogP contribution in [0.5, 0.6) is 0 Å². The van der Waals surface area contributed by atoms with Crippen LogP contribution in [0.25, 0.3) is 6.08 Å². The largest absolute Gasteiger partial charge is 0.329 e. The maximum Gasteiger partial charge on any atom is 0.248 e. The Morgan fingerprint density at radius 1 is 1.14 bits per heavy atom. The van der Waals surface area contributed by atoms with Gasteiger partial charge in [-0.25, -0.2) is 4.98 Å². The van der Waals surface area contributed by atoms with Crippen LogP contribution in [-0.4, -0.2) is 21.4 Å². The van der Waals surface area contributed by atoms with Crippen molar-refractivity contribution in [1.82, 2.24) is 9.55 Å². The van der Waals surface area contributed by atoms with Crippen LogP contribution in [0.2, 0.25) is 5.02 Å². The molecule has 2 aromatic carbocycles. The van der Waals surface area contributed by atoms with E-state index in [1.165, 1.54) is 24.8 Å². The molecule has 0 aliphatic rings. The fourth-order valence-corrected chi connectivity index (χ4v) is 3.51. The molecule has 1 heterocycles. The van der Waals surface area contributed by atoms with E-state index in [1.54, 1.807) is 36.5 Å². The molecule has 3 aromatic rings. The van der Waals surface area contributed by atoms with Crippen LogP contribution in [0.4, 0.5) is 11.4 Å². The SMILES string of the molecule is CC(=O)Nc1ccc(/C=C/C(=O)Nc2cc(Cl)ccc2Sc2nccn2C)cc1. The number of hydrogen-bond acceptors (Lipinski definition) is 4. The van der Waals surface area contributed by atoms with E-state index in [9.17, 15) is 9.59 Å². The van der Waals surface area contributed by atoms with E-state index in [4.69, 9.17) is 11.6 Å². The third-order valence-electron chi connectivity index (χ3n) is 3.84. The number of imidazole rings is 1. The summed E-state index contributed by atoms with van der Waals surface area (Å²) in [5.74, 6) is -0.409. The topological polar surface area (TPSA) is 76.0 Å². The van der Waals surface area contributed by atoms with Crippen LogP contribution in [0.15, 0.2) is 71.0 Å². The average Bonchev–Trinajstić information content (AvgIpc) is 3.07. The molecule has 1 aromatic heterocycles. The minimum atomic E-state index is -0.278. The van der Waals surface area contributed by atoms with E-state index in [-0.39, 0.29) is 11.8 Å². The summed E-state index contributed by atoms with van der Waals surface area (Å²) >= 11 is 7.55. The molecule has 3 rings (SSSR count). The Balaban J connectivity index is 1.70. The average molecular weight is 427 g/mol. The Labute approximate surface area is 178 Å². The lowest BCUT2D eigenvalue weighted by Crippen LogP contribution is -2.08. The summed E-state index contributed by atoms with van der Waals surface area (Å²) in [5, 5.41) is 6.90. The highest BCUT2D eigenvalue weighted by atomic mass is 35.5. The predicted molar refractivity (Wildman–Crippen MR) is 117 cm³/mol. The van der Waals surface area contributed by atoms with Gasteiger partial charge in [0.15, 0.2) is 5.16 Å². The zero-order chi connectivity index (χ0) is 20.8. The molecule has 148 valence electrons. The molecule has 0 radical (unpaired) electrons. The van der Waals surface area contributed by atoms with E-state index in [2.05, 4.69) is 15.6 Å². The van der Waals surface area contributed by atoms with Gasteiger partial charge in [0.2, 0.25) is 11.8 Å². The zero-order valence-corrected chi connectivity index (χ0v) is 17.4. The molecular formula is C21H19ClN4O2S. The molecule has 0 fully saturated rings. The number of hydrogen-bond donors (Lipinski definition) is 2. The zero-order valence-electron chi connectivity index (χ0n) is 15.8. The molecule has 29 heavy (non-hydrogen) atoms. The van der Waals surface area contributed by atoms with Crippen molar-refractivity contribution in [3.63, 3.8) is 0 Å². The monoisotopic (exact) mass is 426 g/mol. The smallest absolute Gasteiger partial charge is 0.248 e. The van der Waals surface area contributed by atoms with Gasteiger partial charge in [0.05, 0.1) is 5.69 Å². The molecule has 0 aliphatic heterocycles. The quantitative estimate of drug-likeness (QED) is 0.553. The summed E-state index contributed by atoms with van der Waals surface area (Å²) in [6.07, 6.45) is 6.72. The normalized spacial score (nSPS) is 10.9. The maximum absolute atomic E-state index is 12.4. The summed E-state index contributed by atoms with van der Waals surface area (Å²) in [6.45, 7) is 1.45. The Morgan fingerprint density at radius 3 is 2.55 bits per heavy atom. The van der Waals surface area contributed by atoms with E-state index in [0.29, 0.717) is 16.4 Å². The number of halogens is 1. The molecular weight excluding hydrogens is 408 g/mol. The Kier molecular flexibility index (Phi) is 6.74. The second-order valence-electron chi connectivity index (χ2n) is 6.19. The van der Waals surface area contributed by atoms with Crippen LogP contribution in [-0.2, 0) is 16.6 Å². The van der Waals surface area contributed by atoms with Gasteiger partial charge in [-0.15, -0.1) is 0 Å². The molecule has 8 heteroatoms. The summed E-state index contributed by atoms with van der Waals surface area (Å²) in [7, 11) is 1.91. The fourth-order valence-electron chi connectivity index (χ4n) is 2.46. The van der Waals surface area contributed by atoms with Gasteiger partial charge in [0.1, 0.15) is 0 Å². The molecule has 0 saturated heterocycles. The lowest BCUT2D eigenvalue weighted by molar-refractivity contribution is -0.114. The van der Waals surface area contributed by atoms with Gasteiger partial charge in [0.25, 0.3) is 0 Å². The standard InChI is InChI=1S/C21H19ClN4O2S/c1-14(27)24-17-7-3-15(4-8-17)5-10-20(28)25-18-13-16(22)6-9-19(18)29-21-23-11-12-26(21)2/h3-13H,1-2H3,(H,24,27)(H,25,28)/b10-5+. The fraction of sp³-hybridized carbons (Fsp3) is 0.0952. The first-order valence-electron chi connectivity index (χ1n) is 8.72. The van der Waals surface area contributed by atoms with Crippen LogP contribution in [0.3, 0.4) is 0 Å². The van der Waals surface area contributed by atoms with Crippen molar-refractivity contribution < 1.29 is 9.59 Å². The lowest BCUT2D eigenvalue weighted by atomic mass is 10.2. The number of carbonyl (C=O) groups excluding carboxylic acids is 2. The van der Waals surface area contributed by atoms with Crippen molar-refractivity contribution in [2.75, 3.05) is 10.6 Å². The summed E-state index contributed by atoms with van der Waals surface area (Å²) in [4.78, 5) is 28.6. The van der Waals surface area contributed by atoms with E-state index >= 15 is 0 Å². The van der Waals surface area contributed by atoms with Crippen molar-refractivity contribution in [2.24, 2.45) is 7.05 Å². The highest BCUT2D eigenvalue weighted by molar-refractivity contribution is 7.99. The van der Waals surface area contributed by atoms with E-state index < -0.39 is 0 Å². The van der Waals surface area contributed by atoms with Gasteiger partial charge in [-0.2, -0.15) is 0 Å². The Bertz CT molecular complexity index is 1060. The third-order valence-corrected chi connectivity index (χ3v) is 5.22. The van der Waals surface area contributed by atoms with Gasteiger partial charge in [0, 0.05) is 48.0 Å². The second-order valence-corrected chi connectivity index (χ2v) is 7.63. The van der Waals surface area contributed by atoms with Gasteiger partial charge < -0.3 is 15.2 Å². The van der Waals surface area contributed by atoms with Crippen molar-refractivity contribution in [1.29, 1.82) is 0 Å². The second kappa shape index (κ2) is 9.45. The Hall–Kier alpha value is -3.03. The highest BCUT2D eigenvalue weighted by Crippen LogP contribution is 2.34. The number of anilines is 2. The first kappa shape index (κ1) is 20.7. The number of carbonyl (C=O) groups is 2. The molecule has 2 N–H and O–H groups in total. The maximum atomic E-state index is 12.4. The van der Waals surface area contributed by atoms with Crippen LogP contribution in [0, 0.1) is 0 Å². The summed E-state index contributed by atoms with van der Waals surface area (Å²) < 4.78 is 1.90. The molecule has 0 saturated carbocycles. The van der Waals surface area contributed by atoms with Crippen molar-refractivity contribution in [2.45, 2.75) is 17.0 Å². The minimum absolute atomic E-state index is 0.131. The summed E-state index contributed by atoms with van der Waals surface area (Å²) in [6, 6.07) is 12.5. The molecule has 0 spiro atoms. The third kappa shape index (κ3) is 5.97. The van der Waals surface area contributed by atoms with Gasteiger partial charge in [-0.3, -0.25) is 9.59 Å². The molecule has 0 bridgehead atoms. The molecule has 0 aliphatic carbocycles. The minimum Gasteiger partial charge on any atom is -0.329 e. The molecule has 6 nitrogen and oxygen atoms in total. The lowest BCUT2D eigenvalue weighted by Gasteiger charge is -2.10.